The average molecular weight is 374 g/mol. The molecule has 1 heterocycles. The maximum Gasteiger partial charge on any atom is 0.238 e. The molecule has 3 rings (SSSR count). The molecule has 0 radical (unpaired) electrons. The lowest BCUT2D eigenvalue weighted by Gasteiger charge is -2.14. The Morgan fingerprint density at radius 2 is 1.67 bits per heavy atom. The molecule has 8 heteroatoms. The minimum Gasteiger partial charge on any atom is -0.507 e. The molecule has 8 nitrogen and oxygen atoms in total. The van der Waals surface area contributed by atoms with Crippen LogP contribution in [0.1, 0.15) is 18.9 Å². The van der Waals surface area contributed by atoms with Gasteiger partial charge < -0.3 is 35.1 Å². The molecule has 0 spiro atoms. The van der Waals surface area contributed by atoms with Crippen molar-refractivity contribution in [1.29, 1.82) is 0 Å². The summed E-state index contributed by atoms with van der Waals surface area (Å²) >= 11 is 0. The first-order chi connectivity index (χ1) is 12.7. The highest BCUT2D eigenvalue weighted by molar-refractivity contribution is 5.90. The quantitative estimate of drug-likeness (QED) is 0.381. The fourth-order valence-corrected chi connectivity index (χ4v) is 2.79. The molecule has 0 amide bonds. The van der Waals surface area contributed by atoms with Gasteiger partial charge in [-0.3, -0.25) is 4.79 Å². The third kappa shape index (κ3) is 3.11. The standard InChI is InChI=1S/C19H18O8/c1-2-9(20)6-10-12(22)7-14-15(16(10)24)17(25)18(26)19(27-14)8-3-4-11(21)13(23)5-8/h3-5,7,9,20-24,26H,2,6H2,1H3. The van der Waals surface area contributed by atoms with Gasteiger partial charge in [-0.2, -0.15) is 0 Å². The maximum atomic E-state index is 12.6. The molecule has 0 saturated carbocycles. The van der Waals surface area contributed by atoms with Crippen molar-refractivity contribution < 1.29 is 35.1 Å². The van der Waals surface area contributed by atoms with E-state index in [1.165, 1.54) is 6.07 Å². The molecule has 0 saturated heterocycles. The summed E-state index contributed by atoms with van der Waals surface area (Å²) in [6.45, 7) is 1.72. The van der Waals surface area contributed by atoms with Crippen molar-refractivity contribution in [2.24, 2.45) is 0 Å². The normalized spacial score (nSPS) is 12.4. The van der Waals surface area contributed by atoms with Crippen LogP contribution in [0.5, 0.6) is 28.7 Å². The SMILES string of the molecule is CCC(O)Cc1c(O)cc2oc(-c3ccc(O)c(O)c3)c(O)c(=O)c2c1O. The number of hydrogen-bond acceptors (Lipinski definition) is 8. The van der Waals surface area contributed by atoms with Gasteiger partial charge >= 0.3 is 0 Å². The third-order valence-electron chi connectivity index (χ3n) is 4.36. The fraction of sp³-hybridized carbons (Fsp3) is 0.211. The van der Waals surface area contributed by atoms with Crippen molar-refractivity contribution >= 4 is 11.0 Å². The van der Waals surface area contributed by atoms with E-state index in [1.807, 2.05) is 0 Å². The van der Waals surface area contributed by atoms with Crippen LogP contribution < -0.4 is 5.43 Å². The largest absolute Gasteiger partial charge is 0.507 e. The molecule has 1 aromatic heterocycles. The van der Waals surface area contributed by atoms with Crippen molar-refractivity contribution in [3.05, 3.63) is 40.1 Å². The lowest BCUT2D eigenvalue weighted by Crippen LogP contribution is -2.10. The molecular weight excluding hydrogens is 356 g/mol. The zero-order valence-corrected chi connectivity index (χ0v) is 14.3. The van der Waals surface area contributed by atoms with E-state index in [4.69, 9.17) is 4.42 Å². The van der Waals surface area contributed by atoms with E-state index in [9.17, 15) is 35.4 Å². The van der Waals surface area contributed by atoms with Crippen LogP contribution in [-0.4, -0.2) is 36.7 Å². The van der Waals surface area contributed by atoms with Crippen molar-refractivity contribution in [2.45, 2.75) is 25.9 Å². The van der Waals surface area contributed by atoms with Gasteiger partial charge in [-0.05, 0) is 24.6 Å². The highest BCUT2D eigenvalue weighted by atomic mass is 16.4. The van der Waals surface area contributed by atoms with E-state index in [2.05, 4.69) is 0 Å². The van der Waals surface area contributed by atoms with Crippen LogP contribution >= 0.6 is 0 Å². The van der Waals surface area contributed by atoms with Gasteiger partial charge in [0.05, 0.1) is 6.10 Å². The highest BCUT2D eigenvalue weighted by Gasteiger charge is 2.23. The number of hydrogen-bond donors (Lipinski definition) is 6. The Balaban J connectivity index is 2.27. The highest BCUT2D eigenvalue weighted by Crippen LogP contribution is 2.40. The molecule has 3 aromatic rings. The van der Waals surface area contributed by atoms with Crippen molar-refractivity contribution in [3.63, 3.8) is 0 Å². The summed E-state index contributed by atoms with van der Waals surface area (Å²) in [5.41, 5.74) is -1.06. The lowest BCUT2D eigenvalue weighted by molar-refractivity contribution is 0.168. The molecule has 1 atom stereocenters. The number of aliphatic hydroxyl groups excluding tert-OH is 1. The first kappa shape index (κ1) is 18.4. The predicted octanol–water partition coefficient (Wildman–Crippen LogP) is 2.30. The molecule has 0 aliphatic heterocycles. The smallest absolute Gasteiger partial charge is 0.238 e. The molecule has 0 fully saturated rings. The van der Waals surface area contributed by atoms with Crippen LogP contribution in [0.25, 0.3) is 22.3 Å². The van der Waals surface area contributed by atoms with Crippen molar-refractivity contribution in [1.82, 2.24) is 0 Å². The second-order valence-corrected chi connectivity index (χ2v) is 6.17. The molecule has 0 aliphatic carbocycles. The van der Waals surface area contributed by atoms with Crippen LogP contribution in [0.15, 0.2) is 33.5 Å². The van der Waals surface area contributed by atoms with Gasteiger partial charge in [0.1, 0.15) is 22.5 Å². The number of benzene rings is 2. The Labute approximate surface area is 152 Å². The number of phenols is 4. The summed E-state index contributed by atoms with van der Waals surface area (Å²) in [5, 5.41) is 59.3. The molecule has 142 valence electrons. The zero-order chi connectivity index (χ0) is 19.9. The van der Waals surface area contributed by atoms with Gasteiger partial charge in [0.15, 0.2) is 17.3 Å². The van der Waals surface area contributed by atoms with Gasteiger partial charge in [-0.25, -0.2) is 0 Å². The van der Waals surface area contributed by atoms with Gasteiger partial charge in [0.2, 0.25) is 11.2 Å². The van der Waals surface area contributed by atoms with Crippen molar-refractivity contribution in [2.75, 3.05) is 0 Å². The number of rotatable bonds is 4. The minimum absolute atomic E-state index is 0.0291. The van der Waals surface area contributed by atoms with Gasteiger partial charge in [0, 0.05) is 23.6 Å². The van der Waals surface area contributed by atoms with E-state index in [0.717, 1.165) is 18.2 Å². The molecule has 0 aliphatic rings. The van der Waals surface area contributed by atoms with E-state index in [1.54, 1.807) is 6.92 Å². The van der Waals surface area contributed by atoms with Crippen molar-refractivity contribution in [3.8, 4) is 40.1 Å². The van der Waals surface area contributed by atoms with E-state index < -0.39 is 34.5 Å². The number of phenolic OH excluding ortho intramolecular Hbond substituents is 4. The van der Waals surface area contributed by atoms with Crippen LogP contribution in [0, 0.1) is 0 Å². The Bertz CT molecular complexity index is 1080. The molecule has 6 N–H and O–H groups in total. The summed E-state index contributed by atoms with van der Waals surface area (Å²) in [7, 11) is 0. The van der Waals surface area contributed by atoms with E-state index >= 15 is 0 Å². The Kier molecular flexibility index (Phi) is 4.59. The van der Waals surface area contributed by atoms with Gasteiger partial charge in [0.25, 0.3) is 0 Å². The molecule has 27 heavy (non-hydrogen) atoms. The second-order valence-electron chi connectivity index (χ2n) is 6.17. The minimum atomic E-state index is -0.941. The Morgan fingerprint density at radius 1 is 0.963 bits per heavy atom. The van der Waals surface area contributed by atoms with Crippen LogP contribution in [0.3, 0.4) is 0 Å². The van der Waals surface area contributed by atoms with Crippen LogP contribution in [0.2, 0.25) is 0 Å². The molecule has 1 unspecified atom stereocenters. The number of aromatic hydroxyl groups is 5. The van der Waals surface area contributed by atoms with Gasteiger partial charge in [-0.1, -0.05) is 6.92 Å². The maximum absolute atomic E-state index is 12.6. The summed E-state index contributed by atoms with van der Waals surface area (Å²) in [4.78, 5) is 12.6. The fourth-order valence-electron chi connectivity index (χ4n) is 2.79. The van der Waals surface area contributed by atoms with Crippen LogP contribution in [0.4, 0.5) is 0 Å². The third-order valence-corrected chi connectivity index (χ3v) is 4.36. The van der Waals surface area contributed by atoms with E-state index in [-0.39, 0.29) is 40.0 Å². The molecule has 0 bridgehead atoms. The first-order valence-electron chi connectivity index (χ1n) is 8.18. The topological polar surface area (TPSA) is 152 Å². The summed E-state index contributed by atoms with van der Waals surface area (Å²) in [6, 6.07) is 4.66. The number of fused-ring (bicyclic) bond motifs is 1. The zero-order valence-electron chi connectivity index (χ0n) is 14.3. The predicted molar refractivity (Wildman–Crippen MR) is 96.2 cm³/mol. The summed E-state index contributed by atoms with van der Waals surface area (Å²) in [6.07, 6.45) is -0.545. The average Bonchev–Trinajstić information content (AvgIpc) is 2.63. The Hall–Kier alpha value is -3.39. The van der Waals surface area contributed by atoms with E-state index in [0.29, 0.717) is 6.42 Å². The monoisotopic (exact) mass is 374 g/mol. The van der Waals surface area contributed by atoms with Gasteiger partial charge in [-0.15, -0.1) is 0 Å². The Morgan fingerprint density at radius 3 is 2.30 bits per heavy atom. The summed E-state index contributed by atoms with van der Waals surface area (Å²) < 4.78 is 5.48. The van der Waals surface area contributed by atoms with Crippen LogP contribution in [-0.2, 0) is 6.42 Å². The second kappa shape index (κ2) is 6.73. The first-order valence-corrected chi connectivity index (χ1v) is 8.18. The molecular formula is C19H18O8. The lowest BCUT2D eigenvalue weighted by atomic mass is 10.0. The summed E-state index contributed by atoms with van der Waals surface area (Å²) in [5.74, 6) is -2.94. The number of aliphatic hydroxyl groups is 1. The molecule has 2 aromatic carbocycles.